The molecular weight excluding hydrogens is 553 g/mol. The monoisotopic (exact) mass is 579 g/mol. The molecule has 5 nitrogen and oxygen atoms in total. The highest BCUT2D eigenvalue weighted by molar-refractivity contribution is 7.20. The molecule has 0 saturated heterocycles. The minimum Gasteiger partial charge on any atom is -0.465 e. The number of hydrogen-bond acceptors (Lipinski definition) is 5. The normalized spacial score (nSPS) is 14.4. The van der Waals surface area contributed by atoms with Crippen molar-refractivity contribution in [1.29, 1.82) is 0 Å². The van der Waals surface area contributed by atoms with Crippen molar-refractivity contribution >= 4 is 52.3 Å². The van der Waals surface area contributed by atoms with Crippen LogP contribution in [0, 0.1) is 0 Å². The molecule has 1 aromatic heterocycles. The van der Waals surface area contributed by atoms with E-state index in [1.54, 1.807) is 25.1 Å². The molecule has 4 aromatic rings. The molecule has 1 saturated carbocycles. The van der Waals surface area contributed by atoms with Gasteiger partial charge in [-0.15, -0.1) is 11.3 Å². The maximum atomic E-state index is 12.8. The molecule has 1 heterocycles. The fourth-order valence-electron chi connectivity index (χ4n) is 4.66. The number of amides is 1. The Morgan fingerprint density at radius 3 is 2.28 bits per heavy atom. The third kappa shape index (κ3) is 5.83. The second-order valence-corrected chi connectivity index (χ2v) is 11.6. The number of nitrogens with one attached hydrogen (secondary N) is 1. The Bertz CT molecular complexity index is 1490. The van der Waals surface area contributed by atoms with E-state index in [2.05, 4.69) is 5.32 Å². The lowest BCUT2D eigenvalue weighted by Crippen LogP contribution is -2.23. The van der Waals surface area contributed by atoms with Crippen molar-refractivity contribution in [3.8, 4) is 21.6 Å². The first-order valence-electron chi connectivity index (χ1n) is 12.7. The van der Waals surface area contributed by atoms with E-state index in [-0.39, 0.29) is 5.97 Å². The van der Waals surface area contributed by atoms with Gasteiger partial charge in [-0.2, -0.15) is 0 Å². The standard InChI is InChI=1S/C31H27Cl2NO4S/c1-3-37-29(35)31(16-17-31)22-12-8-21(9-13-22)24-6-4-5-7-25(24)28-26(18-27(33)39-28)34-30(36)38-19(2)20-10-14-23(32)15-11-20/h4-15,18-19H,3,16-17H2,1-2H3,(H,34,36). The van der Waals surface area contributed by atoms with E-state index < -0.39 is 17.6 Å². The highest BCUT2D eigenvalue weighted by Gasteiger charge is 2.52. The number of benzene rings is 3. The summed E-state index contributed by atoms with van der Waals surface area (Å²) in [5.41, 5.74) is 4.76. The Morgan fingerprint density at radius 2 is 1.64 bits per heavy atom. The van der Waals surface area contributed by atoms with E-state index in [9.17, 15) is 9.59 Å². The second-order valence-electron chi connectivity index (χ2n) is 9.44. The van der Waals surface area contributed by atoms with Gasteiger partial charge in [0.15, 0.2) is 0 Å². The first kappa shape index (κ1) is 27.3. The van der Waals surface area contributed by atoms with Crippen LogP contribution in [0.4, 0.5) is 10.5 Å². The first-order chi connectivity index (χ1) is 18.8. The number of rotatable bonds is 8. The first-order valence-corrected chi connectivity index (χ1v) is 14.3. The van der Waals surface area contributed by atoms with Crippen molar-refractivity contribution in [2.45, 2.75) is 38.2 Å². The fraction of sp³-hybridized carbons (Fsp3) is 0.226. The molecule has 1 amide bonds. The van der Waals surface area contributed by atoms with E-state index in [0.717, 1.165) is 45.5 Å². The van der Waals surface area contributed by atoms with Crippen molar-refractivity contribution in [2.75, 3.05) is 11.9 Å². The van der Waals surface area contributed by atoms with E-state index in [4.69, 9.17) is 32.7 Å². The van der Waals surface area contributed by atoms with Gasteiger partial charge in [0.1, 0.15) is 6.10 Å². The van der Waals surface area contributed by atoms with Gasteiger partial charge >= 0.3 is 12.1 Å². The fourth-order valence-corrected chi connectivity index (χ4v) is 6.01. The molecule has 1 N–H and O–H groups in total. The van der Waals surface area contributed by atoms with E-state index in [1.807, 2.05) is 67.6 Å². The topological polar surface area (TPSA) is 64.6 Å². The van der Waals surface area contributed by atoms with Gasteiger partial charge in [-0.1, -0.05) is 83.9 Å². The smallest absolute Gasteiger partial charge is 0.412 e. The summed E-state index contributed by atoms with van der Waals surface area (Å²) in [5.74, 6) is -0.153. The number of esters is 1. The molecule has 0 spiro atoms. The summed E-state index contributed by atoms with van der Waals surface area (Å²) in [6.45, 7) is 4.00. The lowest BCUT2D eigenvalue weighted by Gasteiger charge is -2.16. The highest BCUT2D eigenvalue weighted by Crippen LogP contribution is 2.50. The lowest BCUT2D eigenvalue weighted by atomic mass is 9.92. The average molecular weight is 581 g/mol. The zero-order chi connectivity index (χ0) is 27.6. The van der Waals surface area contributed by atoms with Crippen LogP contribution in [0.25, 0.3) is 21.6 Å². The highest BCUT2D eigenvalue weighted by atomic mass is 35.5. The number of hydrogen-bond donors (Lipinski definition) is 1. The van der Waals surface area contributed by atoms with Gasteiger partial charge in [-0.25, -0.2) is 4.79 Å². The lowest BCUT2D eigenvalue weighted by molar-refractivity contribution is -0.146. The molecule has 1 aliphatic carbocycles. The molecule has 8 heteroatoms. The number of anilines is 1. The Balaban J connectivity index is 1.38. The maximum absolute atomic E-state index is 12.8. The van der Waals surface area contributed by atoms with Gasteiger partial charge < -0.3 is 9.47 Å². The molecule has 5 rings (SSSR count). The van der Waals surface area contributed by atoms with Crippen molar-refractivity contribution in [3.05, 3.63) is 99.3 Å². The van der Waals surface area contributed by atoms with E-state index >= 15 is 0 Å². The molecular formula is C31H27Cl2NO4S. The molecule has 200 valence electrons. The maximum Gasteiger partial charge on any atom is 0.412 e. The van der Waals surface area contributed by atoms with Crippen LogP contribution < -0.4 is 5.32 Å². The second kappa shape index (κ2) is 11.4. The van der Waals surface area contributed by atoms with Gasteiger partial charge in [0, 0.05) is 10.6 Å². The molecule has 1 unspecified atom stereocenters. The number of halogens is 2. The van der Waals surface area contributed by atoms with Crippen LogP contribution in [0.15, 0.2) is 78.9 Å². The molecule has 1 fully saturated rings. The predicted octanol–water partition coefficient (Wildman–Crippen LogP) is 9.29. The van der Waals surface area contributed by atoms with Crippen LogP contribution in [-0.2, 0) is 19.7 Å². The summed E-state index contributed by atoms with van der Waals surface area (Å²) in [6.07, 6.45) is 0.563. The Kier molecular flexibility index (Phi) is 7.98. The minimum atomic E-state index is -0.580. The molecule has 0 aliphatic heterocycles. The summed E-state index contributed by atoms with van der Waals surface area (Å²) in [5, 5.41) is 3.49. The predicted molar refractivity (Wildman–Crippen MR) is 158 cm³/mol. The molecule has 1 atom stereocenters. The van der Waals surface area contributed by atoms with Gasteiger partial charge in [-0.3, -0.25) is 10.1 Å². The molecule has 1 aliphatic rings. The summed E-state index contributed by atoms with van der Waals surface area (Å²) in [6, 6.07) is 24.9. The van der Waals surface area contributed by atoms with Crippen molar-refractivity contribution < 1.29 is 19.1 Å². The molecule has 3 aromatic carbocycles. The van der Waals surface area contributed by atoms with Crippen molar-refractivity contribution in [2.24, 2.45) is 0 Å². The summed E-state index contributed by atoms with van der Waals surface area (Å²) < 4.78 is 11.5. The van der Waals surface area contributed by atoms with Gasteiger partial charge in [0.25, 0.3) is 0 Å². The number of carbonyl (C=O) groups excluding carboxylic acids is 2. The third-order valence-corrected chi connectivity index (χ3v) is 8.45. The van der Waals surface area contributed by atoms with Gasteiger partial charge in [-0.05, 0) is 67.1 Å². The third-order valence-electron chi connectivity index (χ3n) is 6.90. The number of ether oxygens (including phenoxy) is 2. The minimum absolute atomic E-state index is 0.153. The Morgan fingerprint density at radius 1 is 0.974 bits per heavy atom. The zero-order valence-electron chi connectivity index (χ0n) is 21.5. The van der Waals surface area contributed by atoms with Gasteiger partial charge in [0.05, 0.1) is 26.9 Å². The Hall–Kier alpha value is -3.32. The quantitative estimate of drug-likeness (QED) is 0.211. The Labute approximate surface area is 241 Å². The number of carbonyl (C=O) groups is 2. The van der Waals surface area contributed by atoms with Crippen molar-refractivity contribution in [1.82, 2.24) is 0 Å². The molecule has 39 heavy (non-hydrogen) atoms. The van der Waals surface area contributed by atoms with Crippen LogP contribution in [-0.4, -0.2) is 18.7 Å². The van der Waals surface area contributed by atoms with E-state index in [1.165, 1.54) is 11.3 Å². The van der Waals surface area contributed by atoms with Crippen LogP contribution in [0.5, 0.6) is 0 Å². The van der Waals surface area contributed by atoms with E-state index in [0.29, 0.717) is 21.7 Å². The largest absolute Gasteiger partial charge is 0.465 e. The zero-order valence-corrected chi connectivity index (χ0v) is 23.8. The average Bonchev–Trinajstić information content (AvgIpc) is 3.67. The summed E-state index contributed by atoms with van der Waals surface area (Å²) in [7, 11) is 0. The van der Waals surface area contributed by atoms with Crippen LogP contribution in [0.2, 0.25) is 9.36 Å². The summed E-state index contributed by atoms with van der Waals surface area (Å²) >= 11 is 13.8. The number of thiophene rings is 1. The molecule has 0 bridgehead atoms. The van der Waals surface area contributed by atoms with Crippen LogP contribution >= 0.6 is 34.5 Å². The summed E-state index contributed by atoms with van der Waals surface area (Å²) in [4.78, 5) is 26.2. The van der Waals surface area contributed by atoms with Crippen LogP contribution in [0.3, 0.4) is 0 Å². The molecule has 0 radical (unpaired) electrons. The van der Waals surface area contributed by atoms with Crippen LogP contribution in [0.1, 0.15) is 43.9 Å². The SMILES string of the molecule is CCOC(=O)C1(c2ccc(-c3ccccc3-c3sc(Cl)cc3NC(=O)OC(C)c3ccc(Cl)cc3)cc2)CC1. The van der Waals surface area contributed by atoms with Gasteiger partial charge in [0.2, 0.25) is 0 Å². The van der Waals surface area contributed by atoms with Crippen molar-refractivity contribution in [3.63, 3.8) is 0 Å².